The molecule has 0 aliphatic rings. The summed E-state index contributed by atoms with van der Waals surface area (Å²) < 4.78 is 1.83. The maximum absolute atomic E-state index is 4.24. The van der Waals surface area contributed by atoms with E-state index in [1.54, 1.807) is 0 Å². The summed E-state index contributed by atoms with van der Waals surface area (Å²) in [6, 6.07) is 19.8. The molecule has 1 aromatic heterocycles. The van der Waals surface area contributed by atoms with Gasteiger partial charge >= 0.3 is 0 Å². The molecule has 0 radical (unpaired) electrons. The summed E-state index contributed by atoms with van der Waals surface area (Å²) >= 11 is 0. The lowest BCUT2D eigenvalue weighted by atomic mass is 10.1. The summed E-state index contributed by atoms with van der Waals surface area (Å²) in [5.41, 5.74) is 4.93. The van der Waals surface area contributed by atoms with Crippen molar-refractivity contribution in [2.24, 2.45) is 7.05 Å². The van der Waals surface area contributed by atoms with Gasteiger partial charge in [0.05, 0.1) is 6.20 Å². The van der Waals surface area contributed by atoms with Crippen molar-refractivity contribution in [3.8, 4) is 11.1 Å². The van der Waals surface area contributed by atoms with Crippen LogP contribution in [0, 0.1) is 0 Å². The summed E-state index contributed by atoms with van der Waals surface area (Å²) in [4.78, 5) is 2.42. The van der Waals surface area contributed by atoms with Crippen molar-refractivity contribution < 1.29 is 0 Å². The third-order valence-corrected chi connectivity index (χ3v) is 4.06. The van der Waals surface area contributed by atoms with E-state index < -0.39 is 0 Å². The summed E-state index contributed by atoms with van der Waals surface area (Å²) in [5.74, 6) is 0. The van der Waals surface area contributed by atoms with Crippen LogP contribution in [0.5, 0.6) is 0 Å². The molecule has 0 spiro atoms. The largest absolute Gasteiger partial charge is 0.365 e. The first-order chi connectivity index (χ1) is 11.1. The first-order valence-corrected chi connectivity index (χ1v) is 8.03. The van der Waals surface area contributed by atoms with Gasteiger partial charge in [-0.2, -0.15) is 5.10 Å². The average Bonchev–Trinajstić information content (AvgIpc) is 3.00. The van der Waals surface area contributed by atoms with Gasteiger partial charge in [0.25, 0.3) is 0 Å². The Bertz CT molecular complexity index is 742. The summed E-state index contributed by atoms with van der Waals surface area (Å²) in [5, 5.41) is 4.24. The molecule has 3 nitrogen and oxygen atoms in total. The first kappa shape index (κ1) is 15.3. The van der Waals surface area contributed by atoms with Gasteiger partial charge in [-0.1, -0.05) is 42.5 Å². The SMILES string of the molecule is CC(C)N(Cc1ccccc1)c1ccc(-c2cnn(C)c2)cc1. The van der Waals surface area contributed by atoms with Crippen molar-refractivity contribution in [2.45, 2.75) is 26.4 Å². The molecule has 0 bridgehead atoms. The van der Waals surface area contributed by atoms with Gasteiger partial charge in [-0.3, -0.25) is 4.68 Å². The molecule has 0 saturated carbocycles. The molecule has 0 atom stereocenters. The highest BCUT2D eigenvalue weighted by Gasteiger charge is 2.11. The van der Waals surface area contributed by atoms with E-state index in [2.05, 4.69) is 78.4 Å². The third kappa shape index (κ3) is 3.62. The second-order valence-corrected chi connectivity index (χ2v) is 6.16. The van der Waals surface area contributed by atoms with E-state index in [1.165, 1.54) is 16.8 Å². The quantitative estimate of drug-likeness (QED) is 0.692. The Balaban J connectivity index is 1.83. The fourth-order valence-corrected chi connectivity index (χ4v) is 2.77. The van der Waals surface area contributed by atoms with Gasteiger partial charge in [0.2, 0.25) is 0 Å². The molecule has 0 N–H and O–H groups in total. The zero-order valence-corrected chi connectivity index (χ0v) is 14.0. The van der Waals surface area contributed by atoms with Crippen LogP contribution in [-0.2, 0) is 13.6 Å². The molecule has 2 aromatic carbocycles. The van der Waals surface area contributed by atoms with E-state index in [-0.39, 0.29) is 0 Å². The smallest absolute Gasteiger partial charge is 0.0568 e. The van der Waals surface area contributed by atoms with E-state index in [9.17, 15) is 0 Å². The molecule has 0 saturated heterocycles. The minimum Gasteiger partial charge on any atom is -0.365 e. The number of benzene rings is 2. The second-order valence-electron chi connectivity index (χ2n) is 6.16. The van der Waals surface area contributed by atoms with Gasteiger partial charge < -0.3 is 4.90 Å². The summed E-state index contributed by atoms with van der Waals surface area (Å²) in [6.45, 7) is 5.39. The van der Waals surface area contributed by atoms with Crippen molar-refractivity contribution in [2.75, 3.05) is 4.90 Å². The molecule has 0 amide bonds. The minimum atomic E-state index is 0.444. The standard InChI is InChI=1S/C20H23N3/c1-16(2)23(14-17-7-5-4-6-8-17)20-11-9-18(10-12-20)19-13-21-22(3)15-19/h4-13,15-16H,14H2,1-3H3. The van der Waals surface area contributed by atoms with Gasteiger partial charge in [-0.05, 0) is 37.1 Å². The van der Waals surface area contributed by atoms with Crippen LogP contribution in [0.15, 0.2) is 67.0 Å². The summed E-state index contributed by atoms with van der Waals surface area (Å²) in [7, 11) is 1.94. The second kappa shape index (κ2) is 6.69. The zero-order chi connectivity index (χ0) is 16.2. The highest BCUT2D eigenvalue weighted by atomic mass is 15.2. The van der Waals surface area contributed by atoms with Gasteiger partial charge in [-0.15, -0.1) is 0 Å². The number of rotatable bonds is 5. The van der Waals surface area contributed by atoms with Crippen LogP contribution in [0.3, 0.4) is 0 Å². The number of hydrogen-bond donors (Lipinski definition) is 0. The lowest BCUT2D eigenvalue weighted by Crippen LogP contribution is -2.30. The molecule has 3 rings (SSSR count). The number of aryl methyl sites for hydroxylation is 1. The normalized spacial score (nSPS) is 11.0. The van der Waals surface area contributed by atoms with Crippen molar-refractivity contribution in [3.63, 3.8) is 0 Å². The molecule has 1 heterocycles. The molecular formula is C20H23N3. The van der Waals surface area contributed by atoms with Gasteiger partial charge in [0.15, 0.2) is 0 Å². The number of anilines is 1. The highest BCUT2D eigenvalue weighted by molar-refractivity contribution is 5.65. The molecule has 0 unspecified atom stereocenters. The maximum Gasteiger partial charge on any atom is 0.0568 e. The molecule has 3 aromatic rings. The first-order valence-electron chi connectivity index (χ1n) is 8.03. The van der Waals surface area contributed by atoms with Crippen LogP contribution in [0.1, 0.15) is 19.4 Å². The zero-order valence-electron chi connectivity index (χ0n) is 14.0. The lowest BCUT2D eigenvalue weighted by Gasteiger charge is -2.29. The van der Waals surface area contributed by atoms with E-state index in [1.807, 2.05) is 24.1 Å². The topological polar surface area (TPSA) is 21.1 Å². The van der Waals surface area contributed by atoms with Crippen molar-refractivity contribution in [1.82, 2.24) is 9.78 Å². The average molecular weight is 305 g/mol. The van der Waals surface area contributed by atoms with E-state index in [0.29, 0.717) is 6.04 Å². The molecule has 3 heteroatoms. The Kier molecular flexibility index (Phi) is 4.47. The monoisotopic (exact) mass is 305 g/mol. The Morgan fingerprint density at radius 2 is 1.65 bits per heavy atom. The molecule has 0 fully saturated rings. The molecule has 0 aliphatic carbocycles. The van der Waals surface area contributed by atoms with E-state index in [4.69, 9.17) is 0 Å². The molecule has 23 heavy (non-hydrogen) atoms. The number of nitrogens with zero attached hydrogens (tertiary/aromatic N) is 3. The Labute approximate surface area is 138 Å². The van der Waals surface area contributed by atoms with Crippen LogP contribution in [-0.4, -0.2) is 15.8 Å². The van der Waals surface area contributed by atoms with Crippen LogP contribution in [0.4, 0.5) is 5.69 Å². The minimum absolute atomic E-state index is 0.444. The van der Waals surface area contributed by atoms with Crippen LogP contribution in [0.2, 0.25) is 0 Å². The highest BCUT2D eigenvalue weighted by Crippen LogP contribution is 2.25. The molecule has 118 valence electrons. The fraction of sp³-hybridized carbons (Fsp3) is 0.250. The van der Waals surface area contributed by atoms with Crippen LogP contribution < -0.4 is 4.90 Å². The van der Waals surface area contributed by atoms with Gasteiger partial charge in [-0.25, -0.2) is 0 Å². The predicted molar refractivity (Wildman–Crippen MR) is 96.4 cm³/mol. The molecule has 0 aliphatic heterocycles. The summed E-state index contributed by atoms with van der Waals surface area (Å²) in [6.07, 6.45) is 3.94. The van der Waals surface area contributed by atoms with Crippen LogP contribution >= 0.6 is 0 Å². The fourth-order valence-electron chi connectivity index (χ4n) is 2.77. The predicted octanol–water partition coefficient (Wildman–Crippen LogP) is 4.50. The number of hydrogen-bond acceptors (Lipinski definition) is 2. The lowest BCUT2D eigenvalue weighted by molar-refractivity contribution is 0.682. The number of aromatic nitrogens is 2. The van der Waals surface area contributed by atoms with Crippen molar-refractivity contribution >= 4 is 5.69 Å². The Morgan fingerprint density at radius 1 is 0.957 bits per heavy atom. The molecular weight excluding hydrogens is 282 g/mol. The van der Waals surface area contributed by atoms with Crippen molar-refractivity contribution in [1.29, 1.82) is 0 Å². The Hall–Kier alpha value is -2.55. The van der Waals surface area contributed by atoms with E-state index >= 15 is 0 Å². The van der Waals surface area contributed by atoms with E-state index in [0.717, 1.165) is 12.1 Å². The Morgan fingerprint density at radius 3 is 2.22 bits per heavy atom. The maximum atomic E-state index is 4.24. The van der Waals surface area contributed by atoms with Gasteiger partial charge in [0.1, 0.15) is 0 Å². The van der Waals surface area contributed by atoms with Crippen LogP contribution in [0.25, 0.3) is 11.1 Å². The third-order valence-electron chi connectivity index (χ3n) is 4.06. The van der Waals surface area contributed by atoms with Crippen molar-refractivity contribution in [3.05, 3.63) is 72.6 Å². The van der Waals surface area contributed by atoms with Gasteiger partial charge in [0, 0.05) is 37.1 Å².